The van der Waals surface area contributed by atoms with E-state index >= 15 is 0 Å². The van der Waals surface area contributed by atoms with E-state index in [1.165, 1.54) is 25.7 Å². The van der Waals surface area contributed by atoms with Crippen LogP contribution in [0, 0.1) is 11.8 Å². The molecule has 2 N–H and O–H groups in total. The van der Waals surface area contributed by atoms with E-state index in [0.29, 0.717) is 5.92 Å². The largest absolute Gasteiger partial charge is 0.390 e. The molecule has 1 heterocycles. The molecule has 0 aromatic heterocycles. The van der Waals surface area contributed by atoms with Gasteiger partial charge in [0.15, 0.2) is 0 Å². The number of nitrogens with one attached hydrogen (secondary N) is 1. The van der Waals surface area contributed by atoms with Crippen LogP contribution in [0.4, 0.5) is 0 Å². The average molecular weight is 197 g/mol. The zero-order chi connectivity index (χ0) is 10.0. The maximum atomic E-state index is 10.6. The van der Waals surface area contributed by atoms with E-state index in [4.69, 9.17) is 0 Å². The Balaban J connectivity index is 1.97. The minimum Gasteiger partial charge on any atom is -0.390 e. The maximum absolute atomic E-state index is 10.6. The van der Waals surface area contributed by atoms with Gasteiger partial charge in [-0.1, -0.05) is 19.8 Å². The lowest BCUT2D eigenvalue weighted by Gasteiger charge is -2.42. The van der Waals surface area contributed by atoms with Crippen LogP contribution in [0.15, 0.2) is 0 Å². The number of hydrogen-bond acceptors (Lipinski definition) is 2. The van der Waals surface area contributed by atoms with Gasteiger partial charge in [-0.3, -0.25) is 0 Å². The Bertz CT molecular complexity index is 187. The van der Waals surface area contributed by atoms with Crippen molar-refractivity contribution in [3.63, 3.8) is 0 Å². The molecule has 2 heteroatoms. The minimum absolute atomic E-state index is 0.333. The monoisotopic (exact) mass is 197 g/mol. The molecule has 2 nitrogen and oxygen atoms in total. The molecule has 2 atom stereocenters. The van der Waals surface area contributed by atoms with E-state index in [1.807, 2.05) is 0 Å². The van der Waals surface area contributed by atoms with Crippen LogP contribution in [0.3, 0.4) is 0 Å². The molecule has 2 rings (SSSR count). The van der Waals surface area contributed by atoms with Crippen molar-refractivity contribution in [2.75, 3.05) is 13.1 Å². The summed E-state index contributed by atoms with van der Waals surface area (Å²) in [5.41, 5.74) is -0.333. The van der Waals surface area contributed by atoms with Gasteiger partial charge in [0.25, 0.3) is 0 Å². The molecular formula is C12H23NO. The van der Waals surface area contributed by atoms with Crippen molar-refractivity contribution in [3.8, 4) is 0 Å². The fourth-order valence-electron chi connectivity index (χ4n) is 3.19. The van der Waals surface area contributed by atoms with Gasteiger partial charge in [-0.2, -0.15) is 0 Å². The zero-order valence-corrected chi connectivity index (χ0v) is 9.26. The zero-order valence-electron chi connectivity index (χ0n) is 9.26. The molecule has 1 saturated carbocycles. The molecule has 82 valence electrons. The van der Waals surface area contributed by atoms with Gasteiger partial charge in [0.2, 0.25) is 0 Å². The van der Waals surface area contributed by atoms with Gasteiger partial charge in [0.1, 0.15) is 0 Å². The van der Waals surface area contributed by atoms with Crippen molar-refractivity contribution in [1.82, 2.24) is 5.32 Å². The lowest BCUT2D eigenvalue weighted by atomic mass is 9.70. The van der Waals surface area contributed by atoms with Crippen molar-refractivity contribution < 1.29 is 5.11 Å². The first-order chi connectivity index (χ1) is 6.71. The summed E-state index contributed by atoms with van der Waals surface area (Å²) in [5.74, 6) is 1.40. The molecule has 2 fully saturated rings. The third kappa shape index (κ3) is 2.12. The summed E-state index contributed by atoms with van der Waals surface area (Å²) in [4.78, 5) is 0. The summed E-state index contributed by atoms with van der Waals surface area (Å²) >= 11 is 0. The van der Waals surface area contributed by atoms with E-state index in [-0.39, 0.29) is 5.60 Å². The fourth-order valence-corrected chi connectivity index (χ4v) is 3.19. The van der Waals surface area contributed by atoms with Gasteiger partial charge < -0.3 is 10.4 Å². The predicted octanol–water partition coefficient (Wildman–Crippen LogP) is 1.93. The van der Waals surface area contributed by atoms with E-state index in [0.717, 1.165) is 31.8 Å². The molecule has 2 unspecified atom stereocenters. The van der Waals surface area contributed by atoms with Crippen molar-refractivity contribution in [1.29, 1.82) is 0 Å². The lowest BCUT2D eigenvalue weighted by molar-refractivity contribution is -0.0619. The normalized spacial score (nSPS) is 38.1. The molecule has 0 aromatic carbocycles. The van der Waals surface area contributed by atoms with Gasteiger partial charge >= 0.3 is 0 Å². The van der Waals surface area contributed by atoms with Crippen LogP contribution in [-0.4, -0.2) is 23.8 Å². The molecule has 1 saturated heterocycles. The molecular weight excluding hydrogens is 174 g/mol. The van der Waals surface area contributed by atoms with Gasteiger partial charge in [0, 0.05) is 0 Å². The van der Waals surface area contributed by atoms with Crippen molar-refractivity contribution in [3.05, 3.63) is 0 Å². The first kappa shape index (κ1) is 10.4. The summed E-state index contributed by atoms with van der Waals surface area (Å²) in [5, 5.41) is 13.9. The third-order valence-electron chi connectivity index (χ3n) is 4.17. The maximum Gasteiger partial charge on any atom is 0.0700 e. The Morgan fingerprint density at radius 2 is 1.93 bits per heavy atom. The van der Waals surface area contributed by atoms with Gasteiger partial charge in [-0.15, -0.1) is 0 Å². The van der Waals surface area contributed by atoms with Crippen molar-refractivity contribution in [2.24, 2.45) is 11.8 Å². The van der Waals surface area contributed by atoms with Crippen LogP contribution in [0.25, 0.3) is 0 Å². The topological polar surface area (TPSA) is 32.3 Å². The Labute approximate surface area is 87.1 Å². The van der Waals surface area contributed by atoms with Crippen molar-refractivity contribution >= 4 is 0 Å². The van der Waals surface area contributed by atoms with Crippen LogP contribution in [-0.2, 0) is 0 Å². The molecule has 0 aromatic rings. The standard InChI is InChI=1S/C12H23NO/c1-10-3-2-4-11(9-10)12(14)5-7-13-8-6-12/h10-11,13-14H,2-9H2,1H3. The summed E-state index contributed by atoms with van der Waals surface area (Å²) in [6, 6.07) is 0. The summed E-state index contributed by atoms with van der Waals surface area (Å²) in [6.07, 6.45) is 7.11. The highest BCUT2D eigenvalue weighted by molar-refractivity contribution is 4.92. The highest BCUT2D eigenvalue weighted by Gasteiger charge is 2.39. The van der Waals surface area contributed by atoms with E-state index < -0.39 is 0 Å². The summed E-state index contributed by atoms with van der Waals surface area (Å²) < 4.78 is 0. The number of rotatable bonds is 1. The summed E-state index contributed by atoms with van der Waals surface area (Å²) in [7, 11) is 0. The van der Waals surface area contributed by atoms with Crippen LogP contribution in [0.2, 0.25) is 0 Å². The second kappa shape index (κ2) is 4.19. The van der Waals surface area contributed by atoms with E-state index in [2.05, 4.69) is 12.2 Å². The average Bonchev–Trinajstić information content (AvgIpc) is 2.19. The molecule has 0 amide bonds. The number of piperidine rings is 1. The SMILES string of the molecule is CC1CCCC(C2(O)CCNCC2)C1. The Kier molecular flexibility index (Phi) is 3.13. The van der Waals surface area contributed by atoms with Crippen molar-refractivity contribution in [2.45, 2.75) is 51.0 Å². The lowest BCUT2D eigenvalue weighted by Crippen LogP contribution is -2.48. The Morgan fingerprint density at radius 3 is 2.57 bits per heavy atom. The number of hydrogen-bond donors (Lipinski definition) is 2. The van der Waals surface area contributed by atoms with E-state index in [1.54, 1.807) is 0 Å². The molecule has 2 aliphatic rings. The van der Waals surface area contributed by atoms with Gasteiger partial charge in [-0.25, -0.2) is 0 Å². The predicted molar refractivity (Wildman–Crippen MR) is 58.2 cm³/mol. The fraction of sp³-hybridized carbons (Fsp3) is 1.00. The summed E-state index contributed by atoms with van der Waals surface area (Å²) in [6.45, 7) is 4.33. The van der Waals surface area contributed by atoms with Crippen LogP contribution in [0.1, 0.15) is 45.4 Å². The van der Waals surface area contributed by atoms with Crippen LogP contribution < -0.4 is 5.32 Å². The molecule has 1 aliphatic carbocycles. The molecule has 0 radical (unpaired) electrons. The third-order valence-corrected chi connectivity index (χ3v) is 4.17. The van der Waals surface area contributed by atoms with Crippen LogP contribution >= 0.6 is 0 Å². The molecule has 14 heavy (non-hydrogen) atoms. The van der Waals surface area contributed by atoms with E-state index in [9.17, 15) is 5.11 Å². The first-order valence-corrected chi connectivity index (χ1v) is 6.14. The Hall–Kier alpha value is -0.0800. The quantitative estimate of drug-likeness (QED) is 0.673. The van der Waals surface area contributed by atoms with Crippen LogP contribution in [0.5, 0.6) is 0 Å². The van der Waals surface area contributed by atoms with Gasteiger partial charge in [-0.05, 0) is 50.6 Å². The first-order valence-electron chi connectivity index (χ1n) is 6.14. The smallest absolute Gasteiger partial charge is 0.0700 e. The highest BCUT2D eigenvalue weighted by atomic mass is 16.3. The second-order valence-electron chi connectivity index (χ2n) is 5.32. The molecule has 0 bridgehead atoms. The Morgan fingerprint density at radius 1 is 1.21 bits per heavy atom. The second-order valence-corrected chi connectivity index (χ2v) is 5.32. The minimum atomic E-state index is -0.333. The number of aliphatic hydroxyl groups is 1. The highest BCUT2D eigenvalue weighted by Crippen LogP contribution is 2.39. The molecule has 0 spiro atoms. The van der Waals surface area contributed by atoms with Gasteiger partial charge in [0.05, 0.1) is 5.60 Å². The molecule has 1 aliphatic heterocycles.